The first-order valence-electron chi connectivity index (χ1n) is 7.34. The second-order valence-corrected chi connectivity index (χ2v) is 5.45. The fourth-order valence-electron chi connectivity index (χ4n) is 2.26. The van der Waals surface area contributed by atoms with Crippen LogP contribution in [0.3, 0.4) is 0 Å². The van der Waals surface area contributed by atoms with Crippen molar-refractivity contribution < 1.29 is 9.47 Å². The lowest BCUT2D eigenvalue weighted by atomic mass is 10.0. The molecule has 4 heteroatoms. The standard InChI is InChI=1S/C19H23NO2.ClH/c1-14(2)11-17(20)16-9-10-18(19(12-16)21-3)22-13-15-7-5-4-6-8-15;/h4-10,12,17H,1,11,13,20H2,2-3H3;1H/t17-;/m1./s1. The highest BCUT2D eigenvalue weighted by Crippen LogP contribution is 2.31. The molecule has 0 aliphatic rings. The molecule has 0 spiro atoms. The number of methoxy groups -OCH3 is 1. The third-order valence-corrected chi connectivity index (χ3v) is 3.42. The van der Waals surface area contributed by atoms with Gasteiger partial charge in [0.25, 0.3) is 0 Å². The van der Waals surface area contributed by atoms with Gasteiger partial charge in [0, 0.05) is 6.04 Å². The van der Waals surface area contributed by atoms with Crippen LogP contribution in [0, 0.1) is 0 Å². The van der Waals surface area contributed by atoms with Crippen LogP contribution >= 0.6 is 12.4 Å². The molecule has 0 aliphatic heterocycles. The van der Waals surface area contributed by atoms with Crippen LogP contribution in [-0.4, -0.2) is 7.11 Å². The van der Waals surface area contributed by atoms with E-state index in [1.807, 2.05) is 55.5 Å². The van der Waals surface area contributed by atoms with Gasteiger partial charge < -0.3 is 15.2 Å². The predicted molar refractivity (Wildman–Crippen MR) is 97.4 cm³/mol. The van der Waals surface area contributed by atoms with Crippen LogP contribution in [0.25, 0.3) is 0 Å². The summed E-state index contributed by atoms with van der Waals surface area (Å²) < 4.78 is 11.3. The van der Waals surface area contributed by atoms with Crippen molar-refractivity contribution in [2.45, 2.75) is 26.0 Å². The molecule has 3 nitrogen and oxygen atoms in total. The summed E-state index contributed by atoms with van der Waals surface area (Å²) in [5, 5.41) is 0. The average Bonchev–Trinajstić information content (AvgIpc) is 2.53. The molecule has 0 saturated carbocycles. The Hall–Kier alpha value is -1.97. The van der Waals surface area contributed by atoms with Gasteiger partial charge in [-0.1, -0.05) is 42.0 Å². The highest BCUT2D eigenvalue weighted by Gasteiger charge is 2.11. The maximum atomic E-state index is 6.18. The fraction of sp³-hybridized carbons (Fsp3) is 0.263. The summed E-state index contributed by atoms with van der Waals surface area (Å²) in [4.78, 5) is 0. The first-order chi connectivity index (χ1) is 10.6. The van der Waals surface area contributed by atoms with Crippen LogP contribution in [0.1, 0.15) is 30.5 Å². The summed E-state index contributed by atoms with van der Waals surface area (Å²) in [7, 11) is 1.64. The summed E-state index contributed by atoms with van der Waals surface area (Å²) in [6, 6.07) is 15.8. The van der Waals surface area contributed by atoms with Crippen molar-refractivity contribution in [3.05, 3.63) is 71.8 Å². The van der Waals surface area contributed by atoms with Gasteiger partial charge in [-0.2, -0.15) is 0 Å². The zero-order valence-corrected chi connectivity index (χ0v) is 14.4. The molecule has 0 fully saturated rings. The Morgan fingerprint density at radius 3 is 2.43 bits per heavy atom. The monoisotopic (exact) mass is 333 g/mol. The van der Waals surface area contributed by atoms with Gasteiger partial charge in [0.05, 0.1) is 7.11 Å². The summed E-state index contributed by atoms with van der Waals surface area (Å²) >= 11 is 0. The number of rotatable bonds is 7. The molecule has 2 aromatic rings. The highest BCUT2D eigenvalue weighted by atomic mass is 35.5. The molecule has 0 bridgehead atoms. The van der Waals surface area contributed by atoms with Crippen molar-refractivity contribution in [3.8, 4) is 11.5 Å². The molecule has 2 rings (SSSR count). The number of benzene rings is 2. The Balaban J connectivity index is 0.00000264. The number of nitrogens with two attached hydrogens (primary N) is 1. The van der Waals surface area contributed by atoms with E-state index in [1.165, 1.54) is 0 Å². The summed E-state index contributed by atoms with van der Waals surface area (Å²) in [6.07, 6.45) is 0.757. The van der Waals surface area contributed by atoms with E-state index in [1.54, 1.807) is 7.11 Å². The molecule has 0 aliphatic carbocycles. The van der Waals surface area contributed by atoms with E-state index in [2.05, 4.69) is 6.58 Å². The van der Waals surface area contributed by atoms with E-state index in [0.717, 1.165) is 28.9 Å². The molecule has 0 amide bonds. The Labute approximate surface area is 144 Å². The van der Waals surface area contributed by atoms with E-state index < -0.39 is 0 Å². The van der Waals surface area contributed by atoms with E-state index in [0.29, 0.717) is 12.4 Å². The summed E-state index contributed by atoms with van der Waals surface area (Å²) in [6.45, 7) is 6.40. The van der Waals surface area contributed by atoms with E-state index in [4.69, 9.17) is 15.2 Å². The smallest absolute Gasteiger partial charge is 0.161 e. The van der Waals surface area contributed by atoms with E-state index in [9.17, 15) is 0 Å². The Bertz CT molecular complexity index is 629. The molecule has 0 heterocycles. The minimum absolute atomic E-state index is 0. The van der Waals surface area contributed by atoms with Gasteiger partial charge >= 0.3 is 0 Å². The number of halogens is 1. The molecule has 0 aromatic heterocycles. The van der Waals surface area contributed by atoms with Crippen LogP contribution < -0.4 is 15.2 Å². The molecule has 2 aromatic carbocycles. The van der Waals surface area contributed by atoms with Gasteiger partial charge in [-0.05, 0) is 36.6 Å². The maximum Gasteiger partial charge on any atom is 0.161 e. The molecule has 0 unspecified atom stereocenters. The van der Waals surface area contributed by atoms with Crippen molar-refractivity contribution in [2.24, 2.45) is 5.73 Å². The highest BCUT2D eigenvalue weighted by molar-refractivity contribution is 5.85. The third kappa shape index (κ3) is 5.62. The molecule has 1 atom stereocenters. The Morgan fingerprint density at radius 2 is 1.83 bits per heavy atom. The number of hydrogen-bond donors (Lipinski definition) is 1. The van der Waals surface area contributed by atoms with E-state index >= 15 is 0 Å². The molecule has 0 saturated heterocycles. The van der Waals surface area contributed by atoms with Crippen LogP contribution in [0.4, 0.5) is 0 Å². The van der Waals surface area contributed by atoms with Gasteiger partial charge in [-0.25, -0.2) is 0 Å². The van der Waals surface area contributed by atoms with E-state index in [-0.39, 0.29) is 18.4 Å². The zero-order chi connectivity index (χ0) is 15.9. The van der Waals surface area contributed by atoms with Gasteiger partial charge in [-0.3, -0.25) is 0 Å². The van der Waals surface area contributed by atoms with Crippen LogP contribution in [0.2, 0.25) is 0 Å². The quantitative estimate of drug-likeness (QED) is 0.749. The summed E-state index contributed by atoms with van der Waals surface area (Å²) in [5.41, 5.74) is 9.38. The number of ether oxygens (including phenoxy) is 2. The second kappa shape index (κ2) is 9.23. The number of hydrogen-bond acceptors (Lipinski definition) is 3. The van der Waals surface area contributed by atoms with Crippen molar-refractivity contribution in [1.29, 1.82) is 0 Å². The maximum absolute atomic E-state index is 6.18. The van der Waals surface area contributed by atoms with Gasteiger partial charge in [0.2, 0.25) is 0 Å². The lowest BCUT2D eigenvalue weighted by Gasteiger charge is -2.16. The first-order valence-corrected chi connectivity index (χ1v) is 7.34. The molecule has 0 radical (unpaired) electrons. The topological polar surface area (TPSA) is 44.5 Å². The molecule has 2 N–H and O–H groups in total. The van der Waals surface area contributed by atoms with Crippen LogP contribution in [0.15, 0.2) is 60.7 Å². The lowest BCUT2D eigenvalue weighted by Crippen LogP contribution is -2.10. The summed E-state index contributed by atoms with van der Waals surface area (Å²) in [5.74, 6) is 1.42. The van der Waals surface area contributed by atoms with Gasteiger partial charge in [0.1, 0.15) is 6.61 Å². The zero-order valence-electron chi connectivity index (χ0n) is 13.6. The Morgan fingerprint density at radius 1 is 1.13 bits per heavy atom. The molecular formula is C19H24ClNO2. The van der Waals surface area contributed by atoms with Crippen molar-refractivity contribution in [1.82, 2.24) is 0 Å². The average molecular weight is 334 g/mol. The molecule has 23 heavy (non-hydrogen) atoms. The lowest BCUT2D eigenvalue weighted by molar-refractivity contribution is 0.284. The normalized spacial score (nSPS) is 11.3. The third-order valence-electron chi connectivity index (χ3n) is 3.42. The van der Waals surface area contributed by atoms with Crippen LogP contribution in [0.5, 0.6) is 11.5 Å². The van der Waals surface area contributed by atoms with Gasteiger partial charge in [0.15, 0.2) is 11.5 Å². The Kier molecular flexibility index (Phi) is 7.66. The first kappa shape index (κ1) is 19.1. The SMILES string of the molecule is C=C(C)C[C@@H](N)c1ccc(OCc2ccccc2)c(OC)c1.Cl. The second-order valence-electron chi connectivity index (χ2n) is 5.45. The molecular weight excluding hydrogens is 310 g/mol. The van der Waals surface area contributed by atoms with Crippen molar-refractivity contribution >= 4 is 12.4 Å². The van der Waals surface area contributed by atoms with Crippen LogP contribution in [-0.2, 0) is 6.61 Å². The predicted octanol–water partition coefficient (Wildman–Crippen LogP) is 4.66. The fourth-order valence-corrected chi connectivity index (χ4v) is 2.26. The van der Waals surface area contributed by atoms with Crippen molar-refractivity contribution in [3.63, 3.8) is 0 Å². The van der Waals surface area contributed by atoms with Gasteiger partial charge in [-0.15, -0.1) is 19.0 Å². The van der Waals surface area contributed by atoms with Crippen molar-refractivity contribution in [2.75, 3.05) is 7.11 Å². The molecule has 124 valence electrons. The minimum Gasteiger partial charge on any atom is -0.493 e. The largest absolute Gasteiger partial charge is 0.493 e. The minimum atomic E-state index is -0.0745.